The molecule has 0 saturated carbocycles. The lowest BCUT2D eigenvalue weighted by atomic mass is 10.1. The third-order valence-corrected chi connectivity index (χ3v) is 4.04. The number of rotatable bonds is 3. The van der Waals surface area contributed by atoms with Crippen molar-refractivity contribution in [3.8, 4) is 0 Å². The molecular formula is C18H26N2O4. The first-order valence-corrected chi connectivity index (χ1v) is 8.29. The zero-order valence-electron chi connectivity index (χ0n) is 14.8. The molecule has 1 aliphatic heterocycles. The van der Waals surface area contributed by atoms with Gasteiger partial charge in [0.15, 0.2) is 0 Å². The summed E-state index contributed by atoms with van der Waals surface area (Å²) in [5.74, 6) is -0.934. The molecule has 1 amide bonds. The van der Waals surface area contributed by atoms with Gasteiger partial charge in [-0.05, 0) is 45.4 Å². The zero-order chi connectivity index (χ0) is 17.9. The van der Waals surface area contributed by atoms with Crippen LogP contribution in [-0.2, 0) is 4.74 Å². The number of carboxylic acids is 1. The lowest BCUT2D eigenvalue weighted by molar-refractivity contribution is 0.0136. The van der Waals surface area contributed by atoms with Crippen LogP contribution in [0, 0.1) is 0 Å². The van der Waals surface area contributed by atoms with Gasteiger partial charge < -0.3 is 19.6 Å². The van der Waals surface area contributed by atoms with Crippen LogP contribution in [0.1, 0.15) is 44.5 Å². The molecule has 0 bridgehead atoms. The van der Waals surface area contributed by atoms with Crippen LogP contribution in [0.2, 0.25) is 0 Å². The van der Waals surface area contributed by atoms with E-state index in [9.17, 15) is 9.59 Å². The quantitative estimate of drug-likeness (QED) is 0.919. The maximum atomic E-state index is 12.4. The number of hydrogen-bond donors (Lipinski definition) is 1. The van der Waals surface area contributed by atoms with Crippen LogP contribution >= 0.6 is 0 Å². The number of hydrogen-bond acceptors (Lipinski definition) is 4. The number of amides is 1. The van der Waals surface area contributed by atoms with E-state index in [2.05, 4.69) is 4.90 Å². The normalized spacial score (nSPS) is 18.4. The van der Waals surface area contributed by atoms with Gasteiger partial charge in [-0.2, -0.15) is 0 Å². The summed E-state index contributed by atoms with van der Waals surface area (Å²) >= 11 is 0. The van der Waals surface area contributed by atoms with E-state index in [4.69, 9.17) is 9.84 Å². The number of benzene rings is 1. The van der Waals surface area contributed by atoms with Gasteiger partial charge in [-0.3, -0.25) is 0 Å². The molecule has 1 heterocycles. The molecule has 2 rings (SSSR count). The molecule has 0 aliphatic carbocycles. The number of anilines is 1. The second-order valence-electron chi connectivity index (χ2n) is 7.04. The van der Waals surface area contributed by atoms with E-state index in [0.29, 0.717) is 19.6 Å². The lowest BCUT2D eigenvalue weighted by Crippen LogP contribution is -2.56. The Labute approximate surface area is 143 Å². The first-order valence-electron chi connectivity index (χ1n) is 8.29. The van der Waals surface area contributed by atoms with E-state index in [1.807, 2.05) is 33.8 Å². The summed E-state index contributed by atoms with van der Waals surface area (Å²) in [6.45, 7) is 9.50. The summed E-state index contributed by atoms with van der Waals surface area (Å²) in [7, 11) is 0. The van der Waals surface area contributed by atoms with Crippen LogP contribution in [0.4, 0.5) is 10.5 Å². The van der Waals surface area contributed by atoms with Crippen LogP contribution < -0.4 is 4.90 Å². The first-order chi connectivity index (χ1) is 11.2. The lowest BCUT2D eigenvalue weighted by Gasteiger charge is -2.42. The van der Waals surface area contributed by atoms with Gasteiger partial charge in [0, 0.05) is 25.3 Å². The molecule has 1 saturated heterocycles. The van der Waals surface area contributed by atoms with Gasteiger partial charge in [-0.1, -0.05) is 13.0 Å². The minimum atomic E-state index is -0.934. The fourth-order valence-electron chi connectivity index (χ4n) is 2.84. The Hall–Kier alpha value is -2.24. The smallest absolute Gasteiger partial charge is 0.410 e. The molecule has 0 aromatic heterocycles. The van der Waals surface area contributed by atoms with Gasteiger partial charge in [-0.15, -0.1) is 0 Å². The van der Waals surface area contributed by atoms with E-state index in [0.717, 1.165) is 12.1 Å². The zero-order valence-corrected chi connectivity index (χ0v) is 14.8. The highest BCUT2D eigenvalue weighted by molar-refractivity contribution is 5.88. The summed E-state index contributed by atoms with van der Waals surface area (Å²) in [6, 6.07) is 6.96. The summed E-state index contributed by atoms with van der Waals surface area (Å²) in [4.78, 5) is 27.4. The van der Waals surface area contributed by atoms with Gasteiger partial charge in [0.25, 0.3) is 0 Å². The van der Waals surface area contributed by atoms with E-state index in [-0.39, 0.29) is 17.7 Å². The first kappa shape index (κ1) is 18.1. The highest BCUT2D eigenvalue weighted by Gasteiger charge is 2.32. The van der Waals surface area contributed by atoms with Crippen LogP contribution in [0.3, 0.4) is 0 Å². The molecule has 0 spiro atoms. The Balaban J connectivity index is 2.11. The van der Waals surface area contributed by atoms with Crippen molar-refractivity contribution in [1.82, 2.24) is 4.90 Å². The molecule has 24 heavy (non-hydrogen) atoms. The number of piperazine rings is 1. The minimum Gasteiger partial charge on any atom is -0.478 e. The third kappa shape index (κ3) is 4.40. The predicted molar refractivity (Wildman–Crippen MR) is 92.6 cm³/mol. The van der Waals surface area contributed by atoms with Gasteiger partial charge in [0.2, 0.25) is 0 Å². The second-order valence-corrected chi connectivity index (χ2v) is 7.04. The summed E-state index contributed by atoms with van der Waals surface area (Å²) in [6.07, 6.45) is 0.530. The Morgan fingerprint density at radius 2 is 2.00 bits per heavy atom. The van der Waals surface area contributed by atoms with Crippen LogP contribution in [0.15, 0.2) is 24.3 Å². The van der Waals surface area contributed by atoms with Crippen molar-refractivity contribution >= 4 is 17.7 Å². The van der Waals surface area contributed by atoms with E-state index < -0.39 is 11.6 Å². The highest BCUT2D eigenvalue weighted by Crippen LogP contribution is 2.23. The molecule has 1 aliphatic rings. The van der Waals surface area contributed by atoms with Crippen molar-refractivity contribution in [2.75, 3.05) is 24.5 Å². The Morgan fingerprint density at radius 1 is 1.29 bits per heavy atom. The standard InChI is InChI=1S/C18H26N2O4/c1-5-14-12-19(15-8-6-7-13(11-15)16(21)22)9-10-20(14)17(23)24-18(2,3)4/h6-8,11,14H,5,9-10,12H2,1-4H3,(H,21,22)/t14-/m0/s1. The van der Waals surface area contributed by atoms with Crippen LogP contribution in [-0.4, -0.2) is 53.3 Å². The van der Waals surface area contributed by atoms with Crippen molar-refractivity contribution in [3.63, 3.8) is 0 Å². The molecule has 6 heteroatoms. The van der Waals surface area contributed by atoms with Gasteiger partial charge in [0.1, 0.15) is 5.60 Å². The number of ether oxygens (including phenoxy) is 1. The predicted octanol–water partition coefficient (Wildman–Crippen LogP) is 3.22. The van der Waals surface area contributed by atoms with E-state index >= 15 is 0 Å². The molecule has 1 N–H and O–H groups in total. The molecule has 0 radical (unpaired) electrons. The van der Waals surface area contributed by atoms with Crippen molar-refractivity contribution in [2.24, 2.45) is 0 Å². The Bertz CT molecular complexity index is 609. The van der Waals surface area contributed by atoms with Crippen LogP contribution in [0.25, 0.3) is 0 Å². The molecular weight excluding hydrogens is 308 g/mol. The molecule has 132 valence electrons. The average molecular weight is 334 g/mol. The maximum absolute atomic E-state index is 12.4. The Morgan fingerprint density at radius 3 is 2.58 bits per heavy atom. The number of nitrogens with zero attached hydrogens (tertiary/aromatic N) is 2. The van der Waals surface area contributed by atoms with Crippen molar-refractivity contribution < 1.29 is 19.4 Å². The average Bonchev–Trinajstić information content (AvgIpc) is 2.52. The maximum Gasteiger partial charge on any atom is 0.410 e. The molecule has 1 aromatic rings. The Kier molecular flexibility index (Phi) is 5.36. The van der Waals surface area contributed by atoms with Gasteiger partial charge in [-0.25, -0.2) is 9.59 Å². The summed E-state index contributed by atoms with van der Waals surface area (Å²) in [5, 5.41) is 9.14. The molecule has 6 nitrogen and oxygen atoms in total. The second kappa shape index (κ2) is 7.11. The monoisotopic (exact) mass is 334 g/mol. The largest absolute Gasteiger partial charge is 0.478 e. The van der Waals surface area contributed by atoms with Gasteiger partial charge >= 0.3 is 12.1 Å². The van der Waals surface area contributed by atoms with Crippen LogP contribution in [0.5, 0.6) is 0 Å². The topological polar surface area (TPSA) is 70.1 Å². The van der Waals surface area contributed by atoms with Crippen molar-refractivity contribution in [3.05, 3.63) is 29.8 Å². The number of carbonyl (C=O) groups is 2. The van der Waals surface area contributed by atoms with E-state index in [1.165, 1.54) is 0 Å². The third-order valence-electron chi connectivity index (χ3n) is 4.04. The molecule has 1 aromatic carbocycles. The van der Waals surface area contributed by atoms with Crippen molar-refractivity contribution in [1.29, 1.82) is 0 Å². The molecule has 1 fully saturated rings. The fraction of sp³-hybridized carbons (Fsp3) is 0.556. The van der Waals surface area contributed by atoms with Gasteiger partial charge in [0.05, 0.1) is 11.6 Å². The SMILES string of the molecule is CC[C@H]1CN(c2cccc(C(=O)O)c2)CCN1C(=O)OC(C)(C)C. The highest BCUT2D eigenvalue weighted by atomic mass is 16.6. The fourth-order valence-corrected chi connectivity index (χ4v) is 2.84. The number of carboxylic acid groups (broad SMARTS) is 1. The van der Waals surface area contributed by atoms with Crippen molar-refractivity contribution in [2.45, 2.75) is 45.8 Å². The summed E-state index contributed by atoms with van der Waals surface area (Å²) < 4.78 is 5.49. The molecule has 0 unspecified atom stereocenters. The molecule has 1 atom stereocenters. The van der Waals surface area contributed by atoms with E-state index in [1.54, 1.807) is 23.1 Å². The number of carbonyl (C=O) groups excluding carboxylic acids is 1. The number of aromatic carboxylic acids is 1. The summed E-state index contributed by atoms with van der Waals surface area (Å²) in [5.41, 5.74) is 0.634. The minimum absolute atomic E-state index is 0.0436.